The lowest BCUT2D eigenvalue weighted by molar-refractivity contribution is 1.29. The van der Waals surface area contributed by atoms with Crippen LogP contribution in [0.2, 0.25) is 0 Å². The van der Waals surface area contributed by atoms with Crippen molar-refractivity contribution >= 4 is 112 Å². The fourth-order valence-electron chi connectivity index (χ4n) is 7.72. The Hall–Kier alpha value is -5.78. The van der Waals surface area contributed by atoms with Gasteiger partial charge in [-0.3, -0.25) is 0 Å². The zero-order valence-electron chi connectivity index (χ0n) is 27.9. The van der Waals surface area contributed by atoms with Crippen LogP contribution in [0.5, 0.6) is 0 Å². The molecular formula is C48H29NS3. The second-order valence-corrected chi connectivity index (χ2v) is 16.6. The maximum atomic E-state index is 2.39. The molecule has 0 N–H and O–H groups in total. The van der Waals surface area contributed by atoms with E-state index in [1.807, 2.05) is 34.0 Å². The summed E-state index contributed by atoms with van der Waals surface area (Å²) in [6.07, 6.45) is 0. The lowest BCUT2D eigenvalue weighted by Crippen LogP contribution is -2.09. The van der Waals surface area contributed by atoms with Gasteiger partial charge in [0.15, 0.2) is 0 Å². The number of rotatable bonds is 5. The zero-order chi connectivity index (χ0) is 34.2. The summed E-state index contributed by atoms with van der Waals surface area (Å²) in [5, 5.41) is 7.94. The molecule has 1 nitrogen and oxygen atoms in total. The minimum atomic E-state index is 1.13. The quantitative estimate of drug-likeness (QED) is 0.171. The van der Waals surface area contributed by atoms with Crippen molar-refractivity contribution in [1.82, 2.24) is 0 Å². The summed E-state index contributed by atoms with van der Waals surface area (Å²) in [4.78, 5) is 2.39. The van der Waals surface area contributed by atoms with E-state index in [9.17, 15) is 0 Å². The van der Waals surface area contributed by atoms with E-state index in [-0.39, 0.29) is 0 Å². The van der Waals surface area contributed by atoms with Crippen LogP contribution < -0.4 is 4.90 Å². The number of fused-ring (bicyclic) bond motifs is 9. The van der Waals surface area contributed by atoms with Crippen LogP contribution in [0.4, 0.5) is 17.1 Å². The normalized spacial score (nSPS) is 11.8. The zero-order valence-corrected chi connectivity index (χ0v) is 30.4. The summed E-state index contributed by atoms with van der Waals surface area (Å²) in [6, 6.07) is 65.0. The third-order valence-electron chi connectivity index (χ3n) is 10.3. The monoisotopic (exact) mass is 715 g/mol. The third-order valence-corrected chi connectivity index (χ3v) is 13.7. The molecule has 4 heteroatoms. The smallest absolute Gasteiger partial charge is 0.0476 e. The molecule has 52 heavy (non-hydrogen) atoms. The number of nitrogens with zero attached hydrogens (tertiary/aromatic N) is 1. The molecule has 8 aromatic carbocycles. The van der Waals surface area contributed by atoms with Crippen LogP contribution in [0, 0.1) is 0 Å². The van der Waals surface area contributed by atoms with Crippen LogP contribution in [0.15, 0.2) is 176 Å². The molecule has 244 valence electrons. The minimum Gasteiger partial charge on any atom is -0.310 e. The molecule has 0 atom stereocenters. The van der Waals surface area contributed by atoms with Crippen molar-refractivity contribution in [2.24, 2.45) is 0 Å². The second-order valence-electron chi connectivity index (χ2n) is 13.3. The van der Waals surface area contributed by atoms with Gasteiger partial charge < -0.3 is 4.90 Å². The first-order chi connectivity index (χ1) is 25.7. The van der Waals surface area contributed by atoms with Gasteiger partial charge in [0.05, 0.1) is 0 Å². The Morgan fingerprint density at radius 2 is 0.615 bits per heavy atom. The predicted octanol–water partition coefficient (Wildman–Crippen LogP) is 15.6. The summed E-state index contributed by atoms with van der Waals surface area (Å²) in [5.74, 6) is 0. The summed E-state index contributed by atoms with van der Waals surface area (Å²) in [7, 11) is 0. The molecule has 0 spiro atoms. The predicted molar refractivity (Wildman–Crippen MR) is 231 cm³/mol. The van der Waals surface area contributed by atoms with Crippen molar-refractivity contribution in [2.75, 3.05) is 4.90 Å². The SMILES string of the molecule is c1ccc2c(c1)sc1cc(N(c3ccc(-c4ccc5sc6ccccc6c5c4)cc3)c3ccc(-c4ccc5sc6ccccc6c5c4)cc3)ccc12. The van der Waals surface area contributed by atoms with Crippen molar-refractivity contribution in [3.8, 4) is 22.3 Å². The molecule has 0 saturated carbocycles. The van der Waals surface area contributed by atoms with E-state index in [1.165, 1.54) is 82.8 Å². The number of benzene rings is 8. The van der Waals surface area contributed by atoms with Crippen LogP contribution in [0.3, 0.4) is 0 Å². The molecule has 3 aromatic heterocycles. The molecule has 0 bridgehead atoms. The van der Waals surface area contributed by atoms with Crippen LogP contribution >= 0.6 is 34.0 Å². The van der Waals surface area contributed by atoms with Gasteiger partial charge in [0.1, 0.15) is 0 Å². The Morgan fingerprint density at radius 1 is 0.250 bits per heavy atom. The first-order valence-corrected chi connectivity index (χ1v) is 19.9. The van der Waals surface area contributed by atoms with E-state index in [2.05, 4.69) is 181 Å². The number of thiophene rings is 3. The van der Waals surface area contributed by atoms with Crippen LogP contribution in [-0.4, -0.2) is 0 Å². The summed E-state index contributed by atoms with van der Waals surface area (Å²) in [5.41, 5.74) is 8.31. The summed E-state index contributed by atoms with van der Waals surface area (Å²) in [6.45, 7) is 0. The third kappa shape index (κ3) is 4.87. The van der Waals surface area contributed by atoms with Crippen molar-refractivity contribution in [3.63, 3.8) is 0 Å². The molecule has 0 saturated heterocycles. The van der Waals surface area contributed by atoms with Gasteiger partial charge in [0.25, 0.3) is 0 Å². The topological polar surface area (TPSA) is 3.24 Å². The first kappa shape index (κ1) is 29.9. The lowest BCUT2D eigenvalue weighted by atomic mass is 10.0. The largest absolute Gasteiger partial charge is 0.310 e. The molecule has 0 aliphatic heterocycles. The Morgan fingerprint density at radius 3 is 1.12 bits per heavy atom. The number of anilines is 3. The van der Waals surface area contributed by atoms with Gasteiger partial charge in [-0.15, -0.1) is 34.0 Å². The molecule has 0 fully saturated rings. The molecule has 11 rings (SSSR count). The first-order valence-electron chi connectivity index (χ1n) is 17.5. The molecule has 0 radical (unpaired) electrons. The lowest BCUT2D eigenvalue weighted by Gasteiger charge is -2.26. The van der Waals surface area contributed by atoms with E-state index in [4.69, 9.17) is 0 Å². The second kappa shape index (κ2) is 11.9. The van der Waals surface area contributed by atoms with Crippen LogP contribution in [0.25, 0.3) is 82.8 Å². The fourth-order valence-corrected chi connectivity index (χ4v) is 11.0. The van der Waals surface area contributed by atoms with Crippen molar-refractivity contribution < 1.29 is 0 Å². The fraction of sp³-hybridized carbons (Fsp3) is 0. The Kier molecular flexibility index (Phi) is 6.84. The van der Waals surface area contributed by atoms with Crippen LogP contribution in [0.1, 0.15) is 0 Å². The molecule has 11 aromatic rings. The Bertz CT molecular complexity index is 2970. The van der Waals surface area contributed by atoms with Crippen molar-refractivity contribution in [3.05, 3.63) is 176 Å². The van der Waals surface area contributed by atoms with Gasteiger partial charge in [-0.1, -0.05) is 97.1 Å². The van der Waals surface area contributed by atoms with Gasteiger partial charge >= 0.3 is 0 Å². The van der Waals surface area contributed by atoms with Gasteiger partial charge in [0, 0.05) is 77.6 Å². The average molecular weight is 716 g/mol. The highest BCUT2D eigenvalue weighted by molar-refractivity contribution is 7.26. The highest BCUT2D eigenvalue weighted by Crippen LogP contribution is 2.43. The molecule has 0 aliphatic rings. The van der Waals surface area contributed by atoms with E-state index in [1.54, 1.807) is 0 Å². The maximum Gasteiger partial charge on any atom is 0.0476 e. The van der Waals surface area contributed by atoms with Crippen molar-refractivity contribution in [2.45, 2.75) is 0 Å². The van der Waals surface area contributed by atoms with Gasteiger partial charge in [-0.25, -0.2) is 0 Å². The van der Waals surface area contributed by atoms with E-state index >= 15 is 0 Å². The standard InChI is InChI=1S/C48H29NS3/c1-4-10-43-37(7-1)40-24-23-36(29-48(40)52-43)49(34-19-13-30(14-20-34)32-17-25-46-41(27-32)38-8-2-5-11-44(38)50-46)35-21-15-31(16-22-35)33-18-26-47-42(28-33)39-9-3-6-12-45(39)51-47/h1-29H. The average Bonchev–Trinajstić information content (AvgIpc) is 3.89. The number of hydrogen-bond acceptors (Lipinski definition) is 4. The van der Waals surface area contributed by atoms with Crippen molar-refractivity contribution in [1.29, 1.82) is 0 Å². The molecule has 0 unspecified atom stereocenters. The molecule has 0 aliphatic carbocycles. The minimum absolute atomic E-state index is 1.13. The van der Waals surface area contributed by atoms with E-state index in [0.717, 1.165) is 17.1 Å². The van der Waals surface area contributed by atoms with E-state index in [0.29, 0.717) is 0 Å². The highest BCUT2D eigenvalue weighted by Gasteiger charge is 2.16. The van der Waals surface area contributed by atoms with Gasteiger partial charge in [0.2, 0.25) is 0 Å². The highest BCUT2D eigenvalue weighted by atomic mass is 32.1. The summed E-state index contributed by atoms with van der Waals surface area (Å²) >= 11 is 5.59. The Labute approximate surface area is 312 Å². The summed E-state index contributed by atoms with van der Waals surface area (Å²) < 4.78 is 7.95. The van der Waals surface area contributed by atoms with Gasteiger partial charge in [-0.05, 0) is 101 Å². The molecule has 0 amide bonds. The van der Waals surface area contributed by atoms with E-state index < -0.39 is 0 Å². The molecule has 3 heterocycles. The van der Waals surface area contributed by atoms with Crippen LogP contribution in [-0.2, 0) is 0 Å². The Balaban J connectivity index is 1.00. The molecular weight excluding hydrogens is 687 g/mol. The maximum absolute atomic E-state index is 2.39. The number of hydrogen-bond donors (Lipinski definition) is 0. The van der Waals surface area contributed by atoms with Gasteiger partial charge in [-0.2, -0.15) is 0 Å².